The fourth-order valence-electron chi connectivity index (χ4n) is 4.13. The Morgan fingerprint density at radius 2 is 2.11 bits per heavy atom. The molecular formula is C16H20N2O. The number of allylic oxidation sites excluding steroid dienone is 2. The largest absolute Gasteiger partial charge is 0.326 e. The van der Waals surface area contributed by atoms with Gasteiger partial charge < -0.3 is 10.7 Å². The van der Waals surface area contributed by atoms with Crippen LogP contribution in [0.15, 0.2) is 40.2 Å². The van der Waals surface area contributed by atoms with Crippen molar-refractivity contribution in [3.63, 3.8) is 0 Å². The highest BCUT2D eigenvalue weighted by Gasteiger charge is 2.49. The van der Waals surface area contributed by atoms with Crippen LogP contribution in [0.2, 0.25) is 0 Å². The first kappa shape index (κ1) is 12.4. The van der Waals surface area contributed by atoms with Gasteiger partial charge in [0, 0.05) is 23.6 Å². The minimum Gasteiger partial charge on any atom is -0.326 e. The zero-order chi connectivity index (χ0) is 13.8. The van der Waals surface area contributed by atoms with E-state index in [0.29, 0.717) is 0 Å². The van der Waals surface area contributed by atoms with Crippen LogP contribution in [0.1, 0.15) is 38.4 Å². The number of fused-ring (bicyclic) bond motifs is 4. The molecule has 100 valence electrons. The van der Waals surface area contributed by atoms with E-state index in [-0.39, 0.29) is 11.0 Å². The SMILES string of the molecule is C/C=C1\C2(C)C=C(C)C[C@]1(N)c1ccc(=O)[nH]c1C2. The van der Waals surface area contributed by atoms with Gasteiger partial charge >= 0.3 is 0 Å². The number of rotatable bonds is 0. The van der Waals surface area contributed by atoms with Crippen molar-refractivity contribution in [2.45, 2.75) is 39.2 Å². The van der Waals surface area contributed by atoms with Gasteiger partial charge in [-0.3, -0.25) is 4.79 Å². The van der Waals surface area contributed by atoms with Crippen molar-refractivity contribution in [3.05, 3.63) is 57.0 Å². The van der Waals surface area contributed by atoms with Crippen molar-refractivity contribution in [3.8, 4) is 0 Å². The van der Waals surface area contributed by atoms with Gasteiger partial charge in [-0.2, -0.15) is 0 Å². The second kappa shape index (κ2) is 3.70. The van der Waals surface area contributed by atoms with E-state index in [1.54, 1.807) is 6.07 Å². The molecule has 1 unspecified atom stereocenters. The summed E-state index contributed by atoms with van der Waals surface area (Å²) in [6, 6.07) is 3.48. The maximum absolute atomic E-state index is 11.6. The summed E-state index contributed by atoms with van der Waals surface area (Å²) in [7, 11) is 0. The van der Waals surface area contributed by atoms with Gasteiger partial charge in [0.1, 0.15) is 0 Å². The maximum atomic E-state index is 11.6. The molecule has 3 rings (SSSR count). The molecule has 0 aromatic carbocycles. The Hall–Kier alpha value is -1.61. The molecule has 1 aromatic rings. The number of nitrogens with one attached hydrogen (secondary N) is 1. The summed E-state index contributed by atoms with van der Waals surface area (Å²) in [5.74, 6) is 0. The second-order valence-electron chi connectivity index (χ2n) is 6.15. The van der Waals surface area contributed by atoms with Gasteiger partial charge in [-0.15, -0.1) is 0 Å². The molecule has 3 heteroatoms. The molecule has 1 heterocycles. The van der Waals surface area contributed by atoms with Crippen molar-refractivity contribution in [2.75, 3.05) is 0 Å². The van der Waals surface area contributed by atoms with Crippen molar-refractivity contribution in [1.29, 1.82) is 0 Å². The molecule has 3 nitrogen and oxygen atoms in total. The second-order valence-corrected chi connectivity index (χ2v) is 6.15. The smallest absolute Gasteiger partial charge is 0.248 e. The molecule has 3 N–H and O–H groups in total. The van der Waals surface area contributed by atoms with Gasteiger partial charge in [-0.1, -0.05) is 24.6 Å². The lowest BCUT2D eigenvalue weighted by atomic mass is 9.57. The Kier molecular flexibility index (Phi) is 2.42. The maximum Gasteiger partial charge on any atom is 0.248 e. The minimum atomic E-state index is -0.472. The third kappa shape index (κ3) is 1.58. The normalized spacial score (nSPS) is 34.9. The number of hydrogen-bond donors (Lipinski definition) is 2. The third-order valence-electron chi connectivity index (χ3n) is 4.53. The number of pyridine rings is 1. The third-order valence-corrected chi connectivity index (χ3v) is 4.53. The van der Waals surface area contributed by atoms with Gasteiger partial charge in [0.05, 0.1) is 5.54 Å². The quantitative estimate of drug-likeness (QED) is 0.700. The van der Waals surface area contributed by atoms with E-state index in [9.17, 15) is 4.79 Å². The number of H-pyrrole nitrogens is 1. The molecule has 19 heavy (non-hydrogen) atoms. The fraction of sp³-hybridized carbons (Fsp3) is 0.438. The van der Waals surface area contributed by atoms with E-state index in [2.05, 4.69) is 37.9 Å². The van der Waals surface area contributed by atoms with Gasteiger partial charge in [0.25, 0.3) is 0 Å². The van der Waals surface area contributed by atoms with Crippen LogP contribution in [-0.4, -0.2) is 4.98 Å². The van der Waals surface area contributed by atoms with Crippen LogP contribution in [0.4, 0.5) is 0 Å². The molecule has 2 aliphatic carbocycles. The van der Waals surface area contributed by atoms with Gasteiger partial charge in [-0.25, -0.2) is 0 Å². The van der Waals surface area contributed by atoms with Gasteiger partial charge in [0.15, 0.2) is 0 Å². The van der Waals surface area contributed by atoms with E-state index in [0.717, 1.165) is 24.1 Å². The molecule has 2 atom stereocenters. The van der Waals surface area contributed by atoms with E-state index in [4.69, 9.17) is 5.73 Å². The zero-order valence-electron chi connectivity index (χ0n) is 11.7. The Morgan fingerprint density at radius 1 is 1.37 bits per heavy atom. The predicted molar refractivity (Wildman–Crippen MR) is 76.9 cm³/mol. The number of aromatic nitrogens is 1. The zero-order valence-corrected chi connectivity index (χ0v) is 11.7. The first-order chi connectivity index (χ1) is 8.89. The summed E-state index contributed by atoms with van der Waals surface area (Å²) < 4.78 is 0. The topological polar surface area (TPSA) is 58.9 Å². The van der Waals surface area contributed by atoms with Gasteiger partial charge in [-0.05, 0) is 37.5 Å². The van der Waals surface area contributed by atoms with Crippen molar-refractivity contribution < 1.29 is 0 Å². The first-order valence-electron chi connectivity index (χ1n) is 6.76. The summed E-state index contributed by atoms with van der Waals surface area (Å²) in [4.78, 5) is 14.5. The highest BCUT2D eigenvalue weighted by Crippen LogP contribution is 2.53. The molecule has 2 bridgehead atoms. The lowest BCUT2D eigenvalue weighted by Gasteiger charge is -2.50. The lowest BCUT2D eigenvalue weighted by molar-refractivity contribution is 0.324. The van der Waals surface area contributed by atoms with E-state index < -0.39 is 5.54 Å². The molecule has 0 saturated heterocycles. The van der Waals surface area contributed by atoms with Crippen molar-refractivity contribution >= 4 is 0 Å². The number of aromatic amines is 1. The Balaban J connectivity index is 2.35. The van der Waals surface area contributed by atoms with Crippen LogP contribution in [0, 0.1) is 5.41 Å². The van der Waals surface area contributed by atoms with Crippen LogP contribution in [0.5, 0.6) is 0 Å². The number of hydrogen-bond acceptors (Lipinski definition) is 2. The summed E-state index contributed by atoms with van der Waals surface area (Å²) in [5.41, 5.74) is 10.8. The average molecular weight is 256 g/mol. The molecule has 0 saturated carbocycles. The Bertz CT molecular complexity index is 668. The van der Waals surface area contributed by atoms with E-state index >= 15 is 0 Å². The van der Waals surface area contributed by atoms with Crippen LogP contribution >= 0.6 is 0 Å². The fourth-order valence-corrected chi connectivity index (χ4v) is 4.13. The molecule has 0 amide bonds. The standard InChI is InChI=1S/C16H20N2O/c1-4-13-15(3)7-10(2)8-16(13,17)11-5-6-14(19)18-12(11)9-15/h4-7H,8-9,17H2,1-3H3,(H,18,19)/b13-4+/t15?,16-/m0/s1. The van der Waals surface area contributed by atoms with Crippen LogP contribution in [0.25, 0.3) is 0 Å². The van der Waals surface area contributed by atoms with Gasteiger partial charge in [0.2, 0.25) is 5.56 Å². The van der Waals surface area contributed by atoms with Crippen LogP contribution < -0.4 is 11.3 Å². The van der Waals surface area contributed by atoms with Crippen LogP contribution in [-0.2, 0) is 12.0 Å². The molecule has 1 aromatic heterocycles. The van der Waals surface area contributed by atoms with E-state index in [1.807, 2.05) is 6.07 Å². The lowest BCUT2D eigenvalue weighted by Crippen LogP contribution is -2.52. The average Bonchev–Trinajstić information content (AvgIpc) is 2.25. The minimum absolute atomic E-state index is 0.0475. The highest BCUT2D eigenvalue weighted by molar-refractivity contribution is 5.51. The Morgan fingerprint density at radius 3 is 2.79 bits per heavy atom. The molecule has 0 aliphatic heterocycles. The van der Waals surface area contributed by atoms with Crippen molar-refractivity contribution in [1.82, 2.24) is 4.98 Å². The molecule has 0 fully saturated rings. The van der Waals surface area contributed by atoms with Crippen LogP contribution in [0.3, 0.4) is 0 Å². The summed E-state index contributed by atoms with van der Waals surface area (Å²) >= 11 is 0. The summed E-state index contributed by atoms with van der Waals surface area (Å²) in [5, 5.41) is 0. The first-order valence-corrected chi connectivity index (χ1v) is 6.76. The van der Waals surface area contributed by atoms with Crippen molar-refractivity contribution in [2.24, 2.45) is 11.1 Å². The number of nitrogens with two attached hydrogens (primary N) is 1. The Labute approximate surface area is 113 Å². The molecular weight excluding hydrogens is 236 g/mol. The monoisotopic (exact) mass is 256 g/mol. The molecule has 0 radical (unpaired) electrons. The van der Waals surface area contributed by atoms with E-state index in [1.165, 1.54) is 11.1 Å². The molecule has 2 aliphatic rings. The highest BCUT2D eigenvalue weighted by atomic mass is 16.1. The molecule has 0 spiro atoms. The summed E-state index contributed by atoms with van der Waals surface area (Å²) in [6.07, 6.45) is 6.09. The summed E-state index contributed by atoms with van der Waals surface area (Å²) in [6.45, 7) is 6.41. The predicted octanol–water partition coefficient (Wildman–Crippen LogP) is 2.39.